The molecule has 3 aliphatic carbocycles. The summed E-state index contributed by atoms with van der Waals surface area (Å²) in [7, 11) is -3.04. The van der Waals surface area contributed by atoms with Gasteiger partial charge in [0.2, 0.25) is 21.8 Å². The zero-order valence-electron chi connectivity index (χ0n) is 92.9. The van der Waals surface area contributed by atoms with Crippen molar-refractivity contribution < 1.29 is 42.2 Å². The highest BCUT2D eigenvalue weighted by molar-refractivity contribution is 7.88. The lowest BCUT2D eigenvalue weighted by Gasteiger charge is -2.36. The summed E-state index contributed by atoms with van der Waals surface area (Å²) in [6.45, 7) is 66.1. The molecule has 4 saturated heterocycles. The van der Waals surface area contributed by atoms with Crippen molar-refractivity contribution in [2.75, 3.05) is 155 Å². The predicted octanol–water partition coefficient (Wildman–Crippen LogP) is 25.4. The van der Waals surface area contributed by atoms with E-state index in [1.165, 1.54) is 106 Å². The molecule has 0 bridgehead atoms. The summed E-state index contributed by atoms with van der Waals surface area (Å²) in [6, 6.07) is 66.7. The van der Waals surface area contributed by atoms with Crippen LogP contribution in [0.15, 0.2) is 207 Å². The van der Waals surface area contributed by atoms with Gasteiger partial charge in [-0.3, -0.25) is 24.2 Å². The number of nitriles is 2. The average Bonchev–Trinajstić information content (AvgIpc) is 1.62. The normalized spacial score (nSPS) is 15.7. The number of carbonyl (C=O) groups excluding carboxylic acids is 4. The molecule has 8 aromatic carbocycles. The number of rotatable bonds is 18. The van der Waals surface area contributed by atoms with Crippen LogP contribution in [0.3, 0.4) is 0 Å². The molecule has 804 valence electrons. The number of nitrogen functional groups attached to an aromatic ring is 1. The van der Waals surface area contributed by atoms with Gasteiger partial charge in [-0.2, -0.15) is 14.8 Å². The van der Waals surface area contributed by atoms with Gasteiger partial charge in [-0.1, -0.05) is 262 Å². The molecule has 8 aliphatic rings. The molecule has 23 nitrogen and oxygen atoms in total. The number of aryl methyl sites for hydroxylation is 2. The number of fused-ring (bicyclic) bond motifs is 3. The Morgan fingerprint density at radius 2 is 0.913 bits per heavy atom. The van der Waals surface area contributed by atoms with Gasteiger partial charge in [0.15, 0.2) is 5.78 Å². The van der Waals surface area contributed by atoms with E-state index in [2.05, 4.69) is 367 Å². The summed E-state index contributed by atoms with van der Waals surface area (Å²) in [4.78, 5) is 72.6. The van der Waals surface area contributed by atoms with Crippen molar-refractivity contribution in [3.63, 3.8) is 0 Å². The molecule has 0 radical (unpaired) electrons. The van der Waals surface area contributed by atoms with E-state index in [0.29, 0.717) is 135 Å². The van der Waals surface area contributed by atoms with Gasteiger partial charge in [-0.15, -0.1) is 11.3 Å². The minimum Gasteiger partial charge on any atom is -0.485 e. The highest BCUT2D eigenvalue weighted by Gasteiger charge is 2.45. The van der Waals surface area contributed by atoms with E-state index in [1.54, 1.807) is 37.8 Å². The molecule has 0 atom stereocenters. The molecular weight excluding hydrogens is 1890 g/mol. The molecule has 25 heteroatoms. The number of aliphatic hydroxyl groups excluding tert-OH is 1. The van der Waals surface area contributed by atoms with Gasteiger partial charge in [0, 0.05) is 161 Å². The highest BCUT2D eigenvalue weighted by atomic mass is 32.2. The number of nitrogens with one attached hydrogen (secondary N) is 1. The van der Waals surface area contributed by atoms with E-state index in [-0.39, 0.29) is 43.1 Å². The molecule has 0 spiro atoms. The van der Waals surface area contributed by atoms with Crippen LogP contribution in [0.25, 0.3) is 0 Å². The number of Topliss-reactive ketones (excluding diaryl/α,β-unsaturated/α-hetero) is 2. The molecule has 5 fully saturated rings. The van der Waals surface area contributed by atoms with Crippen LogP contribution in [0.2, 0.25) is 0 Å². The number of nitrogens with zero attached hydrogens (tertiary/aromatic N) is 12. The molecule has 1 saturated carbocycles. The van der Waals surface area contributed by atoms with E-state index in [4.69, 9.17) is 30.8 Å². The fraction of sp³-hybridized carbons (Fsp3) is 0.492. The molecule has 2 amide bonds. The number of aromatic nitrogens is 3. The average molecular weight is 2070 g/mol. The van der Waals surface area contributed by atoms with Gasteiger partial charge in [-0.25, -0.2) is 18.4 Å². The predicted molar refractivity (Wildman–Crippen MR) is 618 cm³/mol. The number of carbonyl (C=O) groups is 4. The number of amides is 2. The number of aliphatic hydroxyl groups is 1. The topological polar surface area (TPSA) is 288 Å². The van der Waals surface area contributed by atoms with Gasteiger partial charge in [0.25, 0.3) is 0 Å². The van der Waals surface area contributed by atoms with E-state index in [1.807, 2.05) is 33.0 Å². The Labute approximate surface area is 897 Å². The van der Waals surface area contributed by atoms with Gasteiger partial charge in [-0.05, 0) is 233 Å². The van der Waals surface area contributed by atoms with Crippen molar-refractivity contribution in [3.8, 4) is 17.9 Å². The molecule has 5 aliphatic heterocycles. The van der Waals surface area contributed by atoms with Gasteiger partial charge in [0.1, 0.15) is 37.0 Å². The third kappa shape index (κ3) is 36.9. The van der Waals surface area contributed by atoms with Gasteiger partial charge < -0.3 is 55.0 Å². The molecule has 149 heavy (non-hydrogen) atoms. The summed E-state index contributed by atoms with van der Waals surface area (Å²) in [5, 5.41) is 30.8. The lowest BCUT2D eigenvalue weighted by atomic mass is 9.85. The fourth-order valence-electron chi connectivity index (χ4n) is 17.8. The number of ketones is 2. The van der Waals surface area contributed by atoms with E-state index >= 15 is 0 Å². The second-order valence-corrected chi connectivity index (χ2v) is 46.4. The first-order valence-corrected chi connectivity index (χ1v) is 55.9. The zero-order valence-corrected chi connectivity index (χ0v) is 94.5. The summed E-state index contributed by atoms with van der Waals surface area (Å²) < 4.78 is 35.4. The smallest absolute Gasteiger partial charge is 0.248 e. The summed E-state index contributed by atoms with van der Waals surface area (Å²) in [6.07, 6.45) is 10.8. The zero-order chi connectivity index (χ0) is 108. The Morgan fingerprint density at radius 3 is 1.30 bits per heavy atom. The molecule has 10 aromatic rings. The van der Waals surface area contributed by atoms with Crippen LogP contribution >= 0.6 is 11.3 Å². The maximum Gasteiger partial charge on any atom is 0.248 e. The molecular formula is C124H172N14O9S2. The number of thiazole rings is 1. The van der Waals surface area contributed by atoms with E-state index in [9.17, 15) is 27.6 Å². The summed E-state index contributed by atoms with van der Waals surface area (Å²) in [5.74, 6) is 7.30. The van der Waals surface area contributed by atoms with Crippen LogP contribution in [-0.2, 0) is 52.8 Å². The Bertz CT molecular complexity index is 6080. The molecule has 0 unspecified atom stereocenters. The van der Waals surface area contributed by atoms with Crippen molar-refractivity contribution >= 4 is 79.0 Å². The number of hydrogen-bond acceptors (Lipinski definition) is 21. The summed E-state index contributed by atoms with van der Waals surface area (Å²) in [5.41, 5.74) is 29.3. The number of nitrogens with two attached hydrogens (primary N) is 1. The molecule has 2 aromatic heterocycles. The number of sulfonamides is 1. The Kier molecular flexibility index (Phi) is 47.8. The van der Waals surface area contributed by atoms with Crippen LogP contribution in [-0.4, -0.2) is 190 Å². The maximum atomic E-state index is 11.8. The van der Waals surface area contributed by atoms with Gasteiger partial charge in [0.05, 0.1) is 59.6 Å². The van der Waals surface area contributed by atoms with Crippen molar-refractivity contribution in [1.82, 2.24) is 29.1 Å². The third-order valence-electron chi connectivity index (χ3n) is 28.2. The highest BCUT2D eigenvalue weighted by Crippen LogP contribution is 2.48. The minimum absolute atomic E-state index is 0. The lowest BCUT2D eigenvalue weighted by molar-refractivity contribution is -0.134. The molecule has 7 heterocycles. The van der Waals surface area contributed by atoms with Crippen LogP contribution in [0.4, 0.5) is 34.3 Å². The third-order valence-corrected chi connectivity index (χ3v) is 30.8. The minimum atomic E-state index is -3.04. The number of ether oxygens (including phenoxy) is 2. The first-order chi connectivity index (χ1) is 70.2. The van der Waals surface area contributed by atoms with Crippen molar-refractivity contribution in [2.45, 2.75) is 275 Å². The molecule has 18 rings (SSSR count). The quantitative estimate of drug-likeness (QED) is 0.0719. The van der Waals surface area contributed by atoms with Crippen molar-refractivity contribution in [3.05, 3.63) is 295 Å². The first-order valence-electron chi connectivity index (χ1n) is 53.2. The number of anilines is 6. The molecule has 4 N–H and O–H groups in total. The van der Waals surface area contributed by atoms with Crippen LogP contribution in [0, 0.1) is 29.6 Å². The number of piperazine rings is 3. The van der Waals surface area contributed by atoms with Crippen LogP contribution in [0.1, 0.15) is 337 Å². The van der Waals surface area contributed by atoms with Crippen molar-refractivity contribution in [1.29, 1.82) is 10.5 Å². The Morgan fingerprint density at radius 1 is 0.503 bits per heavy atom. The van der Waals surface area contributed by atoms with E-state index in [0.717, 1.165) is 113 Å². The first kappa shape index (κ1) is 122. The lowest BCUT2D eigenvalue weighted by Crippen LogP contribution is -2.49. The maximum absolute atomic E-state index is 11.8. The second kappa shape index (κ2) is 58.3. The van der Waals surface area contributed by atoms with Gasteiger partial charge >= 0.3 is 0 Å². The number of hydrogen-bond donors (Lipinski definition) is 3. The second-order valence-electron chi connectivity index (χ2n) is 43.1. The number of morpholine rings is 1. The fourth-order valence-corrected chi connectivity index (χ4v) is 19.4. The van der Waals surface area contributed by atoms with E-state index < -0.39 is 10.0 Å². The SMILES string of the molecule is C.C=C1COc2cc(C(C)C)ccc2N1.CC(C)c1ccc(C2(C#N)CC2)cc1.CC(C)c1ccc(N2CCN(C(=O)CC#N)CC2)cc1.CC(C)c1ccc(N2CCN(C(=O)CO)CC2)cc1.CC(C)c1ccc(N2CCN(S(C)(=O)=O)CC2)cc1.CC(C)c1ccc(N2CCOCC2)cc1.CC(C)c1ccc2c(c1)C(=O)CC2.CC(C)c1ccc2c(c1)CC(=O)C2(C)C.CC(C)c1cncc(N)n1.Cc1ncc(C(C)C)s1. The monoisotopic (exact) mass is 2070 g/mol. The van der Waals surface area contributed by atoms with Crippen molar-refractivity contribution in [2.24, 2.45) is 0 Å². The van der Waals surface area contributed by atoms with Crippen LogP contribution < -0.4 is 35.4 Å². The Hall–Kier alpha value is -12.1. The largest absolute Gasteiger partial charge is 0.485 e. The number of benzene rings is 8. The van der Waals surface area contributed by atoms with Crippen LogP contribution in [0.5, 0.6) is 5.75 Å². The Balaban J connectivity index is 0.000000203. The standard InChI is InChI=1S/C16H21N3O.C15H22N2O2.C14H22N2O2S.C14H18O.C13H19NO.C13H15N.C12H15NO.C12H14O.C7H11N3.C7H11NS.CH4/c1-13(2)14-3-5-15(6-4-14)18-9-11-19(12-10-18)16(20)7-8-17;1-12(2)13-3-5-14(6-4-13)16-7-9-17(10-8-16)15(19)11-18;1-12(2)13-4-6-14(7-5-13)15-8-10-16(11-9-15)19(3,17)18;1-9(2)10-5-6-12-11(7-10)8-13(15)14(12,3)4;1-11(2)12-3-5-13(6-4-12)14-7-9-15-10-8-14;1-10(2)11-3-5-12(6-4-11)13(9-14)7-8-13;1-8(2)10-4-5-11-12(6-10)14-7-9(3)13-11;1-8(2)10-4-3-9-5-6-12(13)11(9)7-10;1-5(2)6-3-9-4-7(8)10-6;1-5(2)7-4-8-6(3)9-7;/h3-6,13H,7,9-12H2,1-2H3;3-6,12,18H,7-11H2,1-2H3;4-7,12H,8-11H2,1-3H3;5-7,9H,8H2,1-4H3;3-6,11H,7-10H2,1-2H3;3-6,10H,7-8H2,1-2H3;4-6,8,13H,3,7H2,1-2H3;3-4,7-8H,5-6H2,1-2H3;3-5H,1-2H3,(H2,8,10);4-5H,1-3H3;1H4. The summed E-state index contributed by atoms with van der Waals surface area (Å²) >= 11 is 1.78.